The molecule has 0 fully saturated rings. The van der Waals surface area contributed by atoms with E-state index in [1.54, 1.807) is 13.8 Å². The molecule has 1 N–H and O–H groups in total. The van der Waals surface area contributed by atoms with E-state index in [2.05, 4.69) is 0 Å². The Morgan fingerprint density at radius 1 is 1.64 bits per heavy atom. The predicted octanol–water partition coefficient (Wildman–Crippen LogP) is 2.66. The summed E-state index contributed by atoms with van der Waals surface area (Å²) < 4.78 is 15.9. The third-order valence-corrected chi connectivity index (χ3v) is 4.19. The van der Waals surface area contributed by atoms with Gasteiger partial charge in [0.25, 0.3) is 0 Å². The molecule has 0 spiro atoms. The molecule has 0 saturated carbocycles. The largest absolute Gasteiger partial charge is 0.386 e. The van der Waals surface area contributed by atoms with Crippen molar-refractivity contribution < 1.29 is 14.0 Å². The average molecular weight is 198 g/mol. The smallest absolute Gasteiger partial charge is 0.316 e. The summed E-state index contributed by atoms with van der Waals surface area (Å²) in [6.45, 7) is 2.10. The summed E-state index contributed by atoms with van der Waals surface area (Å²) in [7, 11) is 0. The van der Waals surface area contributed by atoms with Gasteiger partial charge < -0.3 is 4.89 Å². The second-order valence-electron chi connectivity index (χ2n) is 2.46. The van der Waals surface area contributed by atoms with Crippen molar-refractivity contribution in [3.63, 3.8) is 0 Å². The third kappa shape index (κ3) is 6.88. The van der Waals surface area contributed by atoms with Crippen LogP contribution in [0.1, 0.15) is 27.2 Å². The van der Waals surface area contributed by atoms with Crippen LogP contribution in [0.4, 0.5) is 0 Å². The standard InChI is InChI=1S/C6H15O3PS/c1-4-5-11-10(7,8)9-6(2)3/h6H,4-5H2,1-3H3,(H,7,8). The second-order valence-corrected chi connectivity index (χ2v) is 6.43. The van der Waals surface area contributed by atoms with E-state index in [0.717, 1.165) is 17.8 Å². The molecule has 1 atom stereocenters. The van der Waals surface area contributed by atoms with Gasteiger partial charge in [-0.3, -0.25) is 4.52 Å². The molecule has 0 aromatic heterocycles. The quantitative estimate of drug-likeness (QED) is 0.690. The first kappa shape index (κ1) is 11.5. The summed E-state index contributed by atoms with van der Waals surface area (Å²) in [6.07, 6.45) is 0.701. The van der Waals surface area contributed by atoms with E-state index >= 15 is 0 Å². The van der Waals surface area contributed by atoms with Crippen molar-refractivity contribution in [2.45, 2.75) is 33.3 Å². The maximum absolute atomic E-state index is 11.1. The monoisotopic (exact) mass is 198 g/mol. The number of rotatable bonds is 5. The summed E-state index contributed by atoms with van der Waals surface area (Å²) >= 11 is 0.996. The SMILES string of the molecule is CCCSP(=O)(O)OC(C)C. The van der Waals surface area contributed by atoms with Crippen LogP contribution in [0, 0.1) is 0 Å². The molecule has 0 heterocycles. The van der Waals surface area contributed by atoms with Crippen LogP contribution in [0.25, 0.3) is 0 Å². The number of hydrogen-bond acceptors (Lipinski definition) is 3. The molecular weight excluding hydrogens is 183 g/mol. The average Bonchev–Trinajstić information content (AvgIpc) is 1.81. The minimum Gasteiger partial charge on any atom is -0.316 e. The van der Waals surface area contributed by atoms with Gasteiger partial charge in [-0.1, -0.05) is 6.92 Å². The van der Waals surface area contributed by atoms with Crippen LogP contribution >= 0.6 is 18.2 Å². The highest BCUT2D eigenvalue weighted by Gasteiger charge is 2.20. The van der Waals surface area contributed by atoms with Crippen molar-refractivity contribution in [1.29, 1.82) is 0 Å². The van der Waals surface area contributed by atoms with Crippen LogP contribution < -0.4 is 0 Å². The highest BCUT2D eigenvalue weighted by atomic mass is 32.7. The fourth-order valence-electron chi connectivity index (χ4n) is 0.503. The van der Waals surface area contributed by atoms with Crippen LogP contribution in [0.3, 0.4) is 0 Å². The van der Waals surface area contributed by atoms with Gasteiger partial charge in [0.15, 0.2) is 0 Å². The Labute approximate surface area is 71.8 Å². The molecule has 0 saturated heterocycles. The molecule has 1 unspecified atom stereocenters. The fourth-order valence-corrected chi connectivity index (χ4v) is 3.45. The Kier molecular flexibility index (Phi) is 5.44. The Balaban J connectivity index is 3.71. The van der Waals surface area contributed by atoms with Gasteiger partial charge in [-0.15, -0.1) is 0 Å². The maximum atomic E-state index is 11.1. The molecular formula is C6H15O3PS. The molecule has 5 heteroatoms. The van der Waals surface area contributed by atoms with Crippen molar-refractivity contribution in [2.75, 3.05) is 5.75 Å². The van der Waals surface area contributed by atoms with Crippen molar-refractivity contribution >= 4 is 18.2 Å². The van der Waals surface area contributed by atoms with E-state index in [-0.39, 0.29) is 6.10 Å². The van der Waals surface area contributed by atoms with Gasteiger partial charge in [-0.2, -0.15) is 0 Å². The Morgan fingerprint density at radius 2 is 2.18 bits per heavy atom. The lowest BCUT2D eigenvalue weighted by Gasteiger charge is -2.12. The molecule has 68 valence electrons. The highest BCUT2D eigenvalue weighted by molar-refractivity contribution is 8.54. The summed E-state index contributed by atoms with van der Waals surface area (Å²) in [4.78, 5) is 9.11. The van der Waals surface area contributed by atoms with Crippen LogP contribution in [0.5, 0.6) is 0 Å². The van der Waals surface area contributed by atoms with Crippen molar-refractivity contribution in [3.05, 3.63) is 0 Å². The normalized spacial score (nSPS) is 16.8. The molecule has 0 radical (unpaired) electrons. The van der Waals surface area contributed by atoms with Crippen LogP contribution in [-0.2, 0) is 9.09 Å². The molecule has 0 aliphatic heterocycles. The van der Waals surface area contributed by atoms with E-state index in [4.69, 9.17) is 9.42 Å². The highest BCUT2D eigenvalue weighted by Crippen LogP contribution is 2.56. The molecule has 0 aromatic carbocycles. The molecule has 0 bridgehead atoms. The number of hydrogen-bond donors (Lipinski definition) is 1. The minimum absolute atomic E-state index is 0.185. The zero-order valence-corrected chi connectivity index (χ0v) is 8.82. The van der Waals surface area contributed by atoms with Crippen molar-refractivity contribution in [2.24, 2.45) is 0 Å². The molecule has 3 nitrogen and oxygen atoms in total. The lowest BCUT2D eigenvalue weighted by Crippen LogP contribution is -1.98. The van der Waals surface area contributed by atoms with E-state index in [1.807, 2.05) is 6.92 Å². The summed E-state index contributed by atoms with van der Waals surface area (Å²) in [5.41, 5.74) is 0. The first-order chi connectivity index (χ1) is 4.98. The molecule has 0 aliphatic carbocycles. The molecule has 11 heavy (non-hydrogen) atoms. The van der Waals surface area contributed by atoms with Gasteiger partial charge in [0.2, 0.25) is 0 Å². The maximum Gasteiger partial charge on any atom is 0.386 e. The zero-order chi connectivity index (χ0) is 8.91. The second kappa shape index (κ2) is 5.20. The lowest BCUT2D eigenvalue weighted by atomic mass is 10.5. The summed E-state index contributed by atoms with van der Waals surface area (Å²) in [5.74, 6) is 0.667. The summed E-state index contributed by atoms with van der Waals surface area (Å²) in [5, 5.41) is 0. The van der Waals surface area contributed by atoms with Gasteiger partial charge >= 0.3 is 6.80 Å². The van der Waals surface area contributed by atoms with Gasteiger partial charge in [0.1, 0.15) is 0 Å². The fraction of sp³-hybridized carbons (Fsp3) is 1.00. The summed E-state index contributed by atoms with van der Waals surface area (Å²) in [6, 6.07) is 0. The first-order valence-electron chi connectivity index (χ1n) is 3.63. The first-order valence-corrected chi connectivity index (χ1v) is 6.80. The van der Waals surface area contributed by atoms with Gasteiger partial charge in [-0.05, 0) is 31.7 Å². The Morgan fingerprint density at radius 3 is 2.55 bits per heavy atom. The molecule has 0 aromatic rings. The van der Waals surface area contributed by atoms with Crippen molar-refractivity contribution in [1.82, 2.24) is 0 Å². The Bertz CT molecular complexity index is 149. The van der Waals surface area contributed by atoms with E-state index in [9.17, 15) is 4.57 Å². The van der Waals surface area contributed by atoms with Crippen molar-refractivity contribution in [3.8, 4) is 0 Å². The zero-order valence-electron chi connectivity index (χ0n) is 7.11. The van der Waals surface area contributed by atoms with Gasteiger partial charge in [0.05, 0.1) is 6.10 Å². The third-order valence-electron chi connectivity index (χ3n) is 0.803. The predicted molar refractivity (Wildman–Crippen MR) is 48.8 cm³/mol. The van der Waals surface area contributed by atoms with Gasteiger partial charge in [0, 0.05) is 5.75 Å². The van der Waals surface area contributed by atoms with E-state index in [0.29, 0.717) is 5.75 Å². The van der Waals surface area contributed by atoms with Crippen LogP contribution in [0.2, 0.25) is 0 Å². The Hall–Kier alpha value is 0.500. The van der Waals surface area contributed by atoms with Gasteiger partial charge in [-0.25, -0.2) is 4.57 Å². The van der Waals surface area contributed by atoms with Crippen LogP contribution in [-0.4, -0.2) is 16.8 Å². The molecule has 0 aliphatic rings. The topological polar surface area (TPSA) is 46.5 Å². The molecule has 0 amide bonds. The van der Waals surface area contributed by atoms with E-state index in [1.165, 1.54) is 0 Å². The minimum atomic E-state index is -3.35. The van der Waals surface area contributed by atoms with Crippen LogP contribution in [0.15, 0.2) is 0 Å². The molecule has 0 rings (SSSR count). The van der Waals surface area contributed by atoms with E-state index < -0.39 is 6.80 Å². The lowest BCUT2D eigenvalue weighted by molar-refractivity contribution is 0.218.